The highest BCUT2D eigenvalue weighted by molar-refractivity contribution is 7.12. The second-order valence-electron chi connectivity index (χ2n) is 33.1. The number of carbonyl (C=O) groups excluding carboxylic acids is 5. The quantitative estimate of drug-likeness (QED) is 0.105. The predicted molar refractivity (Wildman–Crippen MR) is 448 cm³/mol. The lowest BCUT2D eigenvalue weighted by Crippen LogP contribution is -2.47. The smallest absolute Gasteiger partial charge is 0.263 e. The van der Waals surface area contributed by atoms with Crippen LogP contribution >= 0.6 is 11.3 Å². The van der Waals surface area contributed by atoms with Crippen LogP contribution in [-0.4, -0.2) is 128 Å². The fourth-order valence-electron chi connectivity index (χ4n) is 19.9. The molecule has 10 aromatic rings. The van der Waals surface area contributed by atoms with Crippen molar-refractivity contribution in [3.8, 4) is 45.3 Å². The van der Waals surface area contributed by atoms with Crippen LogP contribution in [0.15, 0.2) is 218 Å². The molecular formula is C97H98N8O9S. The van der Waals surface area contributed by atoms with Crippen molar-refractivity contribution in [3.63, 3.8) is 0 Å². The molecule has 0 bridgehead atoms. The van der Waals surface area contributed by atoms with E-state index in [0.717, 1.165) is 186 Å². The fraction of sp³-hybridized carbons (Fsp3) is 0.330. The minimum Gasteiger partial charge on any atom is -0.492 e. The van der Waals surface area contributed by atoms with Gasteiger partial charge in [-0.3, -0.25) is 24.0 Å². The number of nitrogens with zero attached hydrogens (tertiary/aromatic N) is 4. The van der Waals surface area contributed by atoms with Crippen LogP contribution < -0.4 is 41.9 Å². The second-order valence-corrected chi connectivity index (χ2v) is 34.0. The number of hydrogen-bond acceptors (Lipinski definition) is 14. The lowest BCUT2D eigenvalue weighted by molar-refractivity contribution is -0.134. The summed E-state index contributed by atoms with van der Waals surface area (Å²) in [6, 6.07) is 69.7. The lowest BCUT2D eigenvalue weighted by Gasteiger charge is -2.39. The Hall–Kier alpha value is -11.0. The Bertz CT molecular complexity index is 5400. The molecule has 1 unspecified atom stereocenters. The normalized spacial score (nSPS) is 19.3. The maximum atomic E-state index is 13.8. The number of benzene rings is 9. The van der Waals surface area contributed by atoms with Gasteiger partial charge in [-0.1, -0.05) is 182 Å². The highest BCUT2D eigenvalue weighted by Crippen LogP contribution is 2.53. The number of hydrogen-bond donors (Lipinski definition) is 4. The van der Waals surface area contributed by atoms with Gasteiger partial charge in [0, 0.05) is 140 Å². The van der Waals surface area contributed by atoms with Crippen LogP contribution in [0.3, 0.4) is 0 Å². The molecule has 18 heteroatoms. The Labute approximate surface area is 676 Å². The van der Waals surface area contributed by atoms with Gasteiger partial charge < -0.3 is 61.5 Å². The molecule has 1 aromatic heterocycles. The van der Waals surface area contributed by atoms with E-state index in [1.165, 1.54) is 50.3 Å². The summed E-state index contributed by atoms with van der Waals surface area (Å²) in [4.78, 5) is 74.2. The number of ketones is 1. The van der Waals surface area contributed by atoms with Crippen molar-refractivity contribution in [2.45, 2.75) is 124 Å². The maximum Gasteiger partial charge on any atom is 0.263 e. The van der Waals surface area contributed by atoms with Crippen LogP contribution in [0.2, 0.25) is 0 Å². The van der Waals surface area contributed by atoms with Crippen LogP contribution in [0.4, 0.5) is 0 Å². The van der Waals surface area contributed by atoms with Gasteiger partial charge in [-0.2, -0.15) is 0 Å². The van der Waals surface area contributed by atoms with Crippen LogP contribution in [0.25, 0.3) is 27.8 Å². The molecule has 9 heterocycles. The van der Waals surface area contributed by atoms with Crippen molar-refractivity contribution < 1.29 is 42.9 Å². The molecule has 8 aliphatic heterocycles. The molecule has 0 radical (unpaired) electrons. The molecule has 11 aliphatic rings. The van der Waals surface area contributed by atoms with Crippen molar-refractivity contribution in [2.24, 2.45) is 22.9 Å². The SMILES string of the molecule is NCc1ccc2c(c1)C1(CCN(C(=O)C3=CCc4ccccc43)CC1)CO2.NCc1ccc2c(c1)C1(CCN(C(=O)C3CC(=O)c4ccccc43)CC1)CO2.NCc1ccc2c(c1)C1(CCN(C(=O)C3c4ccccc4-c4ccccc43)CC1)CO2.NCc1ccc2c(c1)C1(CCN(C(=O)c3cc(-c4ccccc4)cs3)CC1)CO2. The van der Waals surface area contributed by atoms with Crippen molar-refractivity contribution in [3.05, 3.63) is 300 Å². The molecule has 115 heavy (non-hydrogen) atoms. The van der Waals surface area contributed by atoms with Gasteiger partial charge in [-0.05, 0) is 166 Å². The highest BCUT2D eigenvalue weighted by Gasteiger charge is 2.50. The summed E-state index contributed by atoms with van der Waals surface area (Å²) < 4.78 is 24.0. The van der Waals surface area contributed by atoms with Gasteiger partial charge in [0.1, 0.15) is 23.0 Å². The van der Waals surface area contributed by atoms with Gasteiger partial charge in [0.15, 0.2) is 5.78 Å². The summed E-state index contributed by atoms with van der Waals surface area (Å²) in [5.74, 6) is 4.08. The first-order valence-corrected chi connectivity index (χ1v) is 41.8. The van der Waals surface area contributed by atoms with Crippen LogP contribution in [-0.2, 0) is 68.6 Å². The zero-order chi connectivity index (χ0) is 78.6. The molecule has 4 saturated heterocycles. The number of rotatable bonds is 9. The predicted octanol–water partition coefficient (Wildman–Crippen LogP) is 14.5. The first-order valence-electron chi connectivity index (χ1n) is 40.9. The number of nitrogens with two attached hydrogens (primary N) is 4. The van der Waals surface area contributed by atoms with E-state index in [2.05, 4.69) is 107 Å². The van der Waals surface area contributed by atoms with Crippen LogP contribution in [0.1, 0.15) is 162 Å². The Kier molecular flexibility index (Phi) is 20.5. The van der Waals surface area contributed by atoms with Gasteiger partial charge in [0.25, 0.3) is 11.8 Å². The van der Waals surface area contributed by atoms with E-state index in [9.17, 15) is 24.0 Å². The lowest BCUT2D eigenvalue weighted by atomic mass is 9.74. The maximum absolute atomic E-state index is 13.8. The first-order chi connectivity index (χ1) is 56.2. The van der Waals surface area contributed by atoms with Crippen LogP contribution in [0.5, 0.6) is 23.0 Å². The minimum atomic E-state index is -0.325. The van der Waals surface area contributed by atoms with E-state index in [-0.39, 0.29) is 62.9 Å². The molecule has 8 N–H and O–H groups in total. The molecule has 1 atom stereocenters. The Morgan fingerprint density at radius 3 is 1.20 bits per heavy atom. The number of fused-ring (bicyclic) bond motifs is 13. The number of ether oxygens (including phenoxy) is 4. The second kappa shape index (κ2) is 31.3. The summed E-state index contributed by atoms with van der Waals surface area (Å²) in [7, 11) is 0. The summed E-state index contributed by atoms with van der Waals surface area (Å²) in [5, 5.41) is 2.07. The molecule has 0 saturated carbocycles. The van der Waals surface area contributed by atoms with Gasteiger partial charge in [0.2, 0.25) is 11.8 Å². The molecule has 3 aliphatic carbocycles. The molecule has 4 fully saturated rings. The third kappa shape index (κ3) is 13.9. The fourth-order valence-corrected chi connectivity index (χ4v) is 20.8. The summed E-state index contributed by atoms with van der Waals surface area (Å²) >= 11 is 1.53. The number of Topliss-reactive ketones (excluding diaryl/α,β-unsaturated/α-hetero) is 1. The molecular weight excluding hydrogens is 1450 g/mol. The number of allylic oxidation sites excluding steroid dienone is 1. The minimum absolute atomic E-state index is 0.00276. The number of likely N-dealkylation sites (tertiary alicyclic amines) is 4. The third-order valence-electron chi connectivity index (χ3n) is 26.9. The average Bonchev–Trinajstić information content (AvgIpc) is 1.64. The number of amides is 4. The average molecular weight is 1550 g/mol. The van der Waals surface area contributed by atoms with Crippen molar-refractivity contribution in [1.29, 1.82) is 0 Å². The first kappa shape index (κ1) is 75.4. The number of carbonyl (C=O) groups is 5. The zero-order valence-corrected chi connectivity index (χ0v) is 65.8. The number of piperidine rings is 4. The molecule has 9 aromatic carbocycles. The molecule has 17 nitrogen and oxygen atoms in total. The van der Waals surface area contributed by atoms with E-state index in [0.29, 0.717) is 77.7 Å². The van der Waals surface area contributed by atoms with Crippen molar-refractivity contribution >= 4 is 46.3 Å². The van der Waals surface area contributed by atoms with Crippen molar-refractivity contribution in [1.82, 2.24) is 19.6 Å². The Morgan fingerprint density at radius 2 is 0.757 bits per heavy atom. The molecule has 586 valence electrons. The topological polar surface area (TPSA) is 239 Å². The monoisotopic (exact) mass is 1550 g/mol. The van der Waals surface area contributed by atoms with Gasteiger partial charge in [-0.15, -0.1) is 11.3 Å². The molecule has 4 spiro atoms. The van der Waals surface area contributed by atoms with Gasteiger partial charge >= 0.3 is 0 Å². The summed E-state index contributed by atoms with van der Waals surface area (Å²) in [6.45, 7) is 10.9. The summed E-state index contributed by atoms with van der Waals surface area (Å²) in [6.07, 6.45) is 10.6. The standard InChI is InChI=1S/C27H26N2O2.C24H24N2O2S.C23H24N2O3.C23H24N2O2/c28-16-18-9-10-24-23(15-18)27(17-31-24)11-13-29(14-12-27)26(30)25-21-7-3-1-5-19(21)20-6-2-4-8-22(20)25;25-14-17-6-7-21-20(12-17)24(16-28-21)8-10-26(11-9-24)23(27)22-13-19(15-29-22)18-4-2-1-3-5-18;24-13-15-5-6-21-19(11-15)23(14-28-21)7-9-25(10-8-23)22(27)18-12-20(26)17-4-2-1-3-16(17)18;24-14-16-5-8-21-20(13-16)23(15-27-21)9-11-25(12-10-23)22(26)19-7-6-17-3-1-2-4-18(17)19/h1-10,15,25H,11-14,16-17,28H2;1-7,12-13,15H,8-11,14,16,25H2;1-6,11,18H,7-10,12-14,24H2;1-5,7-8,13H,6,9-12,14-15,24H2. The number of thiophene rings is 1. The van der Waals surface area contributed by atoms with Crippen LogP contribution in [0, 0.1) is 0 Å². The van der Waals surface area contributed by atoms with E-state index in [4.69, 9.17) is 41.9 Å². The zero-order valence-electron chi connectivity index (χ0n) is 65.0. The third-order valence-corrected chi connectivity index (χ3v) is 27.8. The van der Waals surface area contributed by atoms with Gasteiger partial charge in [-0.25, -0.2) is 0 Å². The Morgan fingerprint density at radius 1 is 0.383 bits per heavy atom. The molecule has 4 amide bonds. The Balaban J connectivity index is 0.000000106. The van der Waals surface area contributed by atoms with E-state index in [1.807, 2.05) is 130 Å². The highest BCUT2D eigenvalue weighted by atomic mass is 32.1. The van der Waals surface area contributed by atoms with E-state index in [1.54, 1.807) is 0 Å². The van der Waals surface area contributed by atoms with Crippen molar-refractivity contribution in [2.75, 3.05) is 78.8 Å². The van der Waals surface area contributed by atoms with E-state index < -0.39 is 0 Å². The van der Waals surface area contributed by atoms with Gasteiger partial charge in [0.05, 0.1) is 43.1 Å². The van der Waals surface area contributed by atoms with E-state index >= 15 is 0 Å². The largest absolute Gasteiger partial charge is 0.492 e. The summed E-state index contributed by atoms with van der Waals surface area (Å²) in [5.41, 5.74) is 44.7. The molecule has 21 rings (SSSR count).